The van der Waals surface area contributed by atoms with E-state index in [1.807, 2.05) is 17.5 Å². The summed E-state index contributed by atoms with van der Waals surface area (Å²) >= 11 is 1.52. The van der Waals surface area contributed by atoms with Crippen molar-refractivity contribution in [1.29, 1.82) is 0 Å². The number of carbonyl (C=O) groups is 1. The van der Waals surface area contributed by atoms with Gasteiger partial charge in [-0.15, -0.1) is 11.3 Å². The summed E-state index contributed by atoms with van der Waals surface area (Å²) in [6.07, 6.45) is 1.53. The topological polar surface area (TPSA) is 102 Å². The quantitative estimate of drug-likeness (QED) is 0.592. The first-order valence-corrected chi connectivity index (χ1v) is 8.30. The van der Waals surface area contributed by atoms with Crippen LogP contribution in [0.1, 0.15) is 10.5 Å². The summed E-state index contributed by atoms with van der Waals surface area (Å²) in [5.74, 6) is 0.0498. The Kier molecular flexibility index (Phi) is 3.62. The number of phenols is 1. The molecule has 7 heteroatoms. The van der Waals surface area contributed by atoms with E-state index < -0.39 is 5.91 Å². The Labute approximate surface area is 146 Å². The zero-order valence-electron chi connectivity index (χ0n) is 12.9. The first kappa shape index (κ1) is 15.2. The van der Waals surface area contributed by atoms with Crippen LogP contribution in [0.4, 0.5) is 0 Å². The number of nitrogens with zero attached hydrogens (tertiary/aromatic N) is 3. The molecule has 0 aliphatic carbocycles. The van der Waals surface area contributed by atoms with Crippen LogP contribution in [0.5, 0.6) is 5.75 Å². The van der Waals surface area contributed by atoms with Crippen LogP contribution in [0.3, 0.4) is 0 Å². The molecule has 0 radical (unpaired) electrons. The second-order valence-corrected chi connectivity index (χ2v) is 6.29. The molecular weight excluding hydrogens is 336 g/mol. The van der Waals surface area contributed by atoms with E-state index in [0.717, 1.165) is 15.8 Å². The third-order valence-corrected chi connectivity index (χ3v) is 4.60. The smallest absolute Gasteiger partial charge is 0.267 e. The first-order chi connectivity index (χ1) is 12.1. The highest BCUT2D eigenvalue weighted by Gasteiger charge is 2.14. The van der Waals surface area contributed by atoms with Crippen LogP contribution in [-0.2, 0) is 0 Å². The zero-order chi connectivity index (χ0) is 17.4. The summed E-state index contributed by atoms with van der Waals surface area (Å²) in [5, 5.41) is 11.7. The minimum Gasteiger partial charge on any atom is -0.508 e. The number of hydrogen-bond acceptors (Lipinski definition) is 6. The van der Waals surface area contributed by atoms with E-state index in [2.05, 4.69) is 15.0 Å². The molecule has 0 unspecified atom stereocenters. The van der Waals surface area contributed by atoms with E-state index in [1.165, 1.54) is 17.5 Å². The molecule has 3 heterocycles. The Morgan fingerprint density at radius 3 is 2.76 bits per heavy atom. The average molecular weight is 348 g/mol. The molecule has 0 fully saturated rings. The summed E-state index contributed by atoms with van der Waals surface area (Å²) in [6, 6.07) is 12.1. The average Bonchev–Trinajstić information content (AvgIpc) is 3.09. The second-order valence-electron chi connectivity index (χ2n) is 5.38. The number of benzene rings is 1. The van der Waals surface area contributed by atoms with Crippen molar-refractivity contribution in [3.63, 3.8) is 0 Å². The number of primary amides is 1. The Bertz CT molecular complexity index is 1110. The van der Waals surface area contributed by atoms with Crippen LogP contribution in [0.15, 0.2) is 54.0 Å². The van der Waals surface area contributed by atoms with Crippen molar-refractivity contribution in [2.24, 2.45) is 5.73 Å². The maximum atomic E-state index is 11.4. The molecule has 0 saturated carbocycles. The van der Waals surface area contributed by atoms with Crippen LogP contribution in [-0.4, -0.2) is 26.0 Å². The van der Waals surface area contributed by atoms with Gasteiger partial charge in [-0.2, -0.15) is 0 Å². The Hall–Kier alpha value is -3.32. The summed E-state index contributed by atoms with van der Waals surface area (Å²) < 4.78 is 0.908. The summed E-state index contributed by atoms with van der Waals surface area (Å²) in [7, 11) is 0. The maximum absolute atomic E-state index is 11.4. The van der Waals surface area contributed by atoms with Crippen LogP contribution >= 0.6 is 11.3 Å². The molecule has 1 amide bonds. The molecule has 4 aromatic rings. The van der Waals surface area contributed by atoms with E-state index in [-0.39, 0.29) is 11.4 Å². The Balaban J connectivity index is 1.96. The van der Waals surface area contributed by atoms with Crippen LogP contribution in [0, 0.1) is 0 Å². The number of pyridine rings is 1. The minimum atomic E-state index is -0.591. The number of rotatable bonds is 3. The lowest BCUT2D eigenvalue weighted by Crippen LogP contribution is -2.12. The number of fused-ring (bicyclic) bond motifs is 1. The van der Waals surface area contributed by atoms with Crippen molar-refractivity contribution in [2.75, 3.05) is 0 Å². The van der Waals surface area contributed by atoms with Gasteiger partial charge in [0.05, 0.1) is 15.9 Å². The number of aromatic nitrogens is 3. The number of thiophene rings is 1. The number of aromatic hydroxyl groups is 1. The number of nitrogens with two attached hydrogens (primary N) is 1. The van der Waals surface area contributed by atoms with E-state index in [0.29, 0.717) is 17.1 Å². The fraction of sp³-hybridized carbons (Fsp3) is 0. The molecule has 25 heavy (non-hydrogen) atoms. The van der Waals surface area contributed by atoms with Crippen molar-refractivity contribution in [1.82, 2.24) is 15.0 Å². The molecule has 0 spiro atoms. The zero-order valence-corrected chi connectivity index (χ0v) is 13.7. The van der Waals surface area contributed by atoms with Gasteiger partial charge in [0.25, 0.3) is 5.91 Å². The lowest BCUT2D eigenvalue weighted by atomic mass is 10.1. The fourth-order valence-corrected chi connectivity index (χ4v) is 3.39. The molecule has 4 rings (SSSR count). The molecule has 1 aromatic carbocycles. The highest BCUT2D eigenvalue weighted by molar-refractivity contribution is 7.17. The number of amides is 1. The SMILES string of the molecule is NC(=O)c1cc(-c2nc(-c3cccc(O)c3)nc3ccsc23)ccn1. The van der Waals surface area contributed by atoms with Crippen LogP contribution < -0.4 is 5.73 Å². The standard InChI is InChI=1S/C18H12N4O2S/c19-17(24)14-9-10(4-6-20-14)15-16-13(5-7-25-16)21-18(22-15)11-2-1-3-12(23)8-11/h1-9,23H,(H2,19,24). The molecule has 0 saturated heterocycles. The second kappa shape index (κ2) is 5.95. The predicted molar refractivity (Wildman–Crippen MR) is 96.3 cm³/mol. The molecular formula is C18H12N4O2S. The molecule has 122 valence electrons. The third-order valence-electron chi connectivity index (χ3n) is 3.69. The summed E-state index contributed by atoms with van der Waals surface area (Å²) in [4.78, 5) is 24.6. The van der Waals surface area contributed by atoms with Gasteiger partial charge < -0.3 is 10.8 Å². The largest absolute Gasteiger partial charge is 0.508 e. The highest BCUT2D eigenvalue weighted by Crippen LogP contribution is 2.33. The molecule has 3 aromatic heterocycles. The maximum Gasteiger partial charge on any atom is 0.267 e. The molecule has 6 nitrogen and oxygen atoms in total. The van der Waals surface area contributed by atoms with E-state index in [4.69, 9.17) is 5.73 Å². The van der Waals surface area contributed by atoms with Gasteiger partial charge in [-0.1, -0.05) is 12.1 Å². The van der Waals surface area contributed by atoms with Crippen molar-refractivity contribution in [3.8, 4) is 28.4 Å². The van der Waals surface area contributed by atoms with Gasteiger partial charge in [0.15, 0.2) is 5.82 Å². The Morgan fingerprint density at radius 2 is 1.96 bits per heavy atom. The van der Waals surface area contributed by atoms with E-state index >= 15 is 0 Å². The van der Waals surface area contributed by atoms with Crippen molar-refractivity contribution >= 4 is 27.5 Å². The molecule has 0 bridgehead atoms. The lowest BCUT2D eigenvalue weighted by Gasteiger charge is -2.07. The lowest BCUT2D eigenvalue weighted by molar-refractivity contribution is 0.0995. The van der Waals surface area contributed by atoms with Gasteiger partial charge in [0.1, 0.15) is 11.4 Å². The van der Waals surface area contributed by atoms with Crippen molar-refractivity contribution < 1.29 is 9.90 Å². The highest BCUT2D eigenvalue weighted by atomic mass is 32.1. The molecule has 0 atom stereocenters. The Morgan fingerprint density at radius 1 is 1.08 bits per heavy atom. The van der Waals surface area contributed by atoms with Gasteiger partial charge in [0, 0.05) is 17.3 Å². The van der Waals surface area contributed by atoms with Crippen molar-refractivity contribution in [3.05, 3.63) is 59.7 Å². The van der Waals surface area contributed by atoms with Crippen LogP contribution in [0.25, 0.3) is 32.9 Å². The monoisotopic (exact) mass is 348 g/mol. The number of hydrogen-bond donors (Lipinski definition) is 2. The van der Waals surface area contributed by atoms with Crippen LogP contribution in [0.2, 0.25) is 0 Å². The molecule has 0 aliphatic heterocycles. The van der Waals surface area contributed by atoms with Gasteiger partial charge in [-0.25, -0.2) is 9.97 Å². The molecule has 0 aliphatic rings. The first-order valence-electron chi connectivity index (χ1n) is 7.43. The van der Waals surface area contributed by atoms with Crippen molar-refractivity contribution in [2.45, 2.75) is 0 Å². The fourth-order valence-electron chi connectivity index (χ4n) is 2.55. The minimum absolute atomic E-state index is 0.146. The van der Waals surface area contributed by atoms with E-state index in [1.54, 1.807) is 30.3 Å². The van der Waals surface area contributed by atoms with Gasteiger partial charge in [-0.05, 0) is 35.7 Å². The van der Waals surface area contributed by atoms with Gasteiger partial charge >= 0.3 is 0 Å². The van der Waals surface area contributed by atoms with Gasteiger partial charge in [0.2, 0.25) is 0 Å². The number of phenolic OH excluding ortho intramolecular Hbond substituents is 1. The molecule has 3 N–H and O–H groups in total. The van der Waals surface area contributed by atoms with Gasteiger partial charge in [-0.3, -0.25) is 9.78 Å². The summed E-state index contributed by atoms with van der Waals surface area (Å²) in [5.41, 5.74) is 8.45. The summed E-state index contributed by atoms with van der Waals surface area (Å²) in [6.45, 7) is 0. The number of carbonyl (C=O) groups excluding carboxylic acids is 1. The van der Waals surface area contributed by atoms with E-state index in [9.17, 15) is 9.90 Å². The predicted octanol–water partition coefficient (Wildman–Crippen LogP) is 3.22. The third kappa shape index (κ3) is 2.81. The normalized spacial score (nSPS) is 10.9.